The summed E-state index contributed by atoms with van der Waals surface area (Å²) in [6.45, 7) is 4.36. The molecule has 2 fully saturated rings. The molecule has 160 valence electrons. The fourth-order valence-corrected chi connectivity index (χ4v) is 4.31. The van der Waals surface area contributed by atoms with Crippen LogP contribution in [0.5, 0.6) is 0 Å². The summed E-state index contributed by atoms with van der Waals surface area (Å²) in [5.41, 5.74) is 5.79. The number of H-pyrrole nitrogens is 1. The maximum atomic E-state index is 11.6. The van der Waals surface area contributed by atoms with Gasteiger partial charge in [-0.15, -0.1) is 0 Å². The molecule has 3 aromatic rings. The van der Waals surface area contributed by atoms with E-state index in [2.05, 4.69) is 35.1 Å². The second-order valence-corrected chi connectivity index (χ2v) is 9.03. The van der Waals surface area contributed by atoms with Crippen molar-refractivity contribution in [3.63, 3.8) is 0 Å². The van der Waals surface area contributed by atoms with E-state index in [1.807, 2.05) is 18.2 Å². The van der Waals surface area contributed by atoms with E-state index >= 15 is 0 Å². The van der Waals surface area contributed by atoms with Crippen LogP contribution in [0.1, 0.15) is 79.8 Å². The van der Waals surface area contributed by atoms with Crippen LogP contribution in [0.4, 0.5) is 0 Å². The first-order chi connectivity index (χ1) is 15.0. The summed E-state index contributed by atoms with van der Waals surface area (Å²) in [5, 5.41) is 12.5. The molecule has 5 heteroatoms. The largest absolute Gasteiger partial charge is 0.463 e. The third kappa shape index (κ3) is 3.90. The third-order valence-corrected chi connectivity index (χ3v) is 6.54. The van der Waals surface area contributed by atoms with Crippen molar-refractivity contribution in [2.75, 3.05) is 6.61 Å². The van der Waals surface area contributed by atoms with Crippen LogP contribution in [0.2, 0.25) is 0 Å². The molecule has 5 nitrogen and oxygen atoms in total. The zero-order chi connectivity index (χ0) is 21.6. The van der Waals surface area contributed by atoms with Crippen molar-refractivity contribution in [2.24, 2.45) is 0 Å². The Bertz CT molecular complexity index is 1170. The van der Waals surface area contributed by atoms with Crippen LogP contribution in [0.25, 0.3) is 17.0 Å². The summed E-state index contributed by atoms with van der Waals surface area (Å²) in [4.78, 5) is 19.9. The van der Waals surface area contributed by atoms with Gasteiger partial charge < -0.3 is 14.8 Å². The molecular weight excluding hydrogens is 388 g/mol. The van der Waals surface area contributed by atoms with Crippen molar-refractivity contribution < 1.29 is 14.6 Å². The zero-order valence-corrected chi connectivity index (χ0v) is 18.0. The SMILES string of the molecule is CCOC(=O)/C=C/c1cccc(C(O)c2c(C3(C)CC3)[nH]c3cc(C4CC4)ccc23)n1. The van der Waals surface area contributed by atoms with Gasteiger partial charge in [0.05, 0.1) is 18.0 Å². The minimum atomic E-state index is -0.844. The van der Waals surface area contributed by atoms with Crippen LogP contribution in [-0.4, -0.2) is 27.7 Å². The number of hydrogen-bond donors (Lipinski definition) is 2. The first kappa shape index (κ1) is 20.0. The fraction of sp³-hybridized carbons (Fsp3) is 0.385. The molecule has 2 N–H and O–H groups in total. The molecule has 0 radical (unpaired) electrons. The number of aromatic nitrogens is 2. The van der Waals surface area contributed by atoms with Gasteiger partial charge in [-0.25, -0.2) is 4.79 Å². The second-order valence-electron chi connectivity index (χ2n) is 9.03. The lowest BCUT2D eigenvalue weighted by Gasteiger charge is -2.16. The molecule has 0 bridgehead atoms. The Balaban J connectivity index is 1.53. The van der Waals surface area contributed by atoms with E-state index in [4.69, 9.17) is 4.74 Å². The lowest BCUT2D eigenvalue weighted by Crippen LogP contribution is -2.10. The van der Waals surface area contributed by atoms with Crippen molar-refractivity contribution in [1.82, 2.24) is 9.97 Å². The maximum absolute atomic E-state index is 11.6. The second kappa shape index (κ2) is 7.65. The Kier molecular flexibility index (Phi) is 4.94. The summed E-state index contributed by atoms with van der Waals surface area (Å²) >= 11 is 0. The van der Waals surface area contributed by atoms with Gasteiger partial charge in [0.15, 0.2) is 0 Å². The number of pyridine rings is 1. The molecule has 2 aliphatic rings. The monoisotopic (exact) mass is 416 g/mol. The highest BCUT2D eigenvalue weighted by molar-refractivity contribution is 5.87. The molecule has 1 aromatic carbocycles. The van der Waals surface area contributed by atoms with Crippen LogP contribution in [0.15, 0.2) is 42.5 Å². The molecule has 0 aliphatic heterocycles. The number of hydrogen-bond acceptors (Lipinski definition) is 4. The molecule has 31 heavy (non-hydrogen) atoms. The zero-order valence-electron chi connectivity index (χ0n) is 18.0. The molecule has 2 aromatic heterocycles. The highest BCUT2D eigenvalue weighted by Gasteiger charge is 2.43. The summed E-state index contributed by atoms with van der Waals surface area (Å²) in [7, 11) is 0. The Morgan fingerprint density at radius 2 is 2.13 bits per heavy atom. The fourth-order valence-electron chi connectivity index (χ4n) is 4.31. The van der Waals surface area contributed by atoms with E-state index < -0.39 is 12.1 Å². The molecule has 1 unspecified atom stereocenters. The number of aliphatic hydroxyl groups excluding tert-OH is 1. The minimum Gasteiger partial charge on any atom is -0.463 e. The topological polar surface area (TPSA) is 75.2 Å². The summed E-state index contributed by atoms with van der Waals surface area (Å²) in [6, 6.07) is 12.1. The minimum absolute atomic E-state index is 0.0799. The predicted octanol–water partition coefficient (Wildman–Crippen LogP) is 5.15. The van der Waals surface area contributed by atoms with Crippen LogP contribution in [0, 0.1) is 0 Å². The van der Waals surface area contributed by atoms with Crippen molar-refractivity contribution in [2.45, 2.75) is 57.0 Å². The number of benzene rings is 1. The number of carbonyl (C=O) groups excluding carboxylic acids is 1. The van der Waals surface area contributed by atoms with Gasteiger partial charge in [-0.1, -0.05) is 25.1 Å². The number of nitrogens with one attached hydrogen (secondary N) is 1. The third-order valence-electron chi connectivity index (χ3n) is 6.54. The molecule has 2 heterocycles. The maximum Gasteiger partial charge on any atom is 0.330 e. The van der Waals surface area contributed by atoms with Gasteiger partial charge in [-0.05, 0) is 68.4 Å². The van der Waals surface area contributed by atoms with Crippen LogP contribution < -0.4 is 0 Å². The standard InChI is InChI=1S/C26H28N2O3/c1-3-31-22(29)12-10-18-5-4-6-20(27-18)24(30)23-19-11-9-17(16-7-8-16)15-21(19)28-25(23)26(2)13-14-26/h4-6,9-12,15-16,24,28,30H,3,7-8,13-14H2,1-2H3/b12-10+. The smallest absolute Gasteiger partial charge is 0.330 e. The highest BCUT2D eigenvalue weighted by atomic mass is 16.5. The average Bonchev–Trinajstić information content (AvgIpc) is 3.70. The van der Waals surface area contributed by atoms with Crippen molar-refractivity contribution >= 4 is 22.9 Å². The van der Waals surface area contributed by atoms with Gasteiger partial charge >= 0.3 is 5.97 Å². The lowest BCUT2D eigenvalue weighted by molar-refractivity contribution is -0.137. The predicted molar refractivity (Wildman–Crippen MR) is 121 cm³/mol. The van der Waals surface area contributed by atoms with E-state index in [1.54, 1.807) is 13.0 Å². The first-order valence-electron chi connectivity index (χ1n) is 11.1. The van der Waals surface area contributed by atoms with Gasteiger partial charge in [-0.2, -0.15) is 0 Å². The van der Waals surface area contributed by atoms with Gasteiger partial charge in [0.1, 0.15) is 6.10 Å². The molecule has 2 aliphatic carbocycles. The van der Waals surface area contributed by atoms with Crippen molar-refractivity contribution in [1.29, 1.82) is 0 Å². The van der Waals surface area contributed by atoms with Gasteiger partial charge in [0.25, 0.3) is 0 Å². The number of rotatable bonds is 7. The Labute approximate surface area is 182 Å². The number of nitrogens with zero attached hydrogens (tertiary/aromatic N) is 1. The van der Waals surface area contributed by atoms with E-state index in [-0.39, 0.29) is 5.41 Å². The molecule has 2 saturated carbocycles. The normalized spacial score (nSPS) is 18.4. The molecule has 1 atom stereocenters. The Hall–Kier alpha value is -2.92. The van der Waals surface area contributed by atoms with Crippen molar-refractivity contribution in [3.05, 3.63) is 70.7 Å². The average molecular weight is 417 g/mol. The van der Waals surface area contributed by atoms with E-state index in [9.17, 15) is 9.90 Å². The summed E-state index contributed by atoms with van der Waals surface area (Å²) < 4.78 is 4.93. The lowest BCUT2D eigenvalue weighted by atomic mass is 9.94. The Morgan fingerprint density at radius 1 is 1.32 bits per heavy atom. The molecule has 0 saturated heterocycles. The van der Waals surface area contributed by atoms with Gasteiger partial charge in [0, 0.05) is 33.7 Å². The van der Waals surface area contributed by atoms with Crippen LogP contribution in [-0.2, 0) is 14.9 Å². The quantitative estimate of drug-likeness (QED) is 0.413. The van der Waals surface area contributed by atoms with Crippen LogP contribution in [0.3, 0.4) is 0 Å². The van der Waals surface area contributed by atoms with Crippen molar-refractivity contribution in [3.8, 4) is 0 Å². The van der Waals surface area contributed by atoms with E-state index in [0.717, 1.165) is 35.0 Å². The Morgan fingerprint density at radius 3 is 2.84 bits per heavy atom. The van der Waals surface area contributed by atoms with Gasteiger partial charge in [-0.3, -0.25) is 4.98 Å². The number of ether oxygens (including phenoxy) is 1. The van der Waals surface area contributed by atoms with Gasteiger partial charge in [0.2, 0.25) is 0 Å². The molecule has 0 spiro atoms. The summed E-state index contributed by atoms with van der Waals surface area (Å²) in [5.74, 6) is 0.285. The summed E-state index contributed by atoms with van der Waals surface area (Å²) in [6.07, 6.45) is 6.90. The number of aromatic amines is 1. The molecule has 0 amide bonds. The highest BCUT2D eigenvalue weighted by Crippen LogP contribution is 2.51. The van der Waals surface area contributed by atoms with E-state index in [0.29, 0.717) is 23.9 Å². The first-order valence-corrected chi connectivity index (χ1v) is 11.1. The number of aliphatic hydroxyl groups is 1. The number of carbonyl (C=O) groups is 1. The molecule has 5 rings (SSSR count). The molecular formula is C26H28N2O3. The van der Waals surface area contributed by atoms with E-state index in [1.165, 1.54) is 24.5 Å². The number of fused-ring (bicyclic) bond motifs is 1. The van der Waals surface area contributed by atoms with Crippen LogP contribution >= 0.6 is 0 Å². The number of esters is 1.